The lowest BCUT2D eigenvalue weighted by Crippen LogP contribution is -2.15. The van der Waals surface area contributed by atoms with Crippen LogP contribution in [-0.4, -0.2) is 28.6 Å². The van der Waals surface area contributed by atoms with E-state index in [0.29, 0.717) is 5.88 Å². The van der Waals surface area contributed by atoms with E-state index in [1.54, 1.807) is 13.3 Å². The van der Waals surface area contributed by atoms with Crippen LogP contribution in [0.25, 0.3) is 0 Å². The Hall–Kier alpha value is -1.88. The van der Waals surface area contributed by atoms with Crippen molar-refractivity contribution >= 4 is 0 Å². The number of hydrogen-bond donors (Lipinski definition) is 2. The van der Waals surface area contributed by atoms with Crippen LogP contribution in [0, 0.1) is 0 Å². The van der Waals surface area contributed by atoms with Crippen LogP contribution in [0.15, 0.2) is 30.7 Å². The Morgan fingerprint density at radius 2 is 2.28 bits per heavy atom. The van der Waals surface area contributed by atoms with Crippen LogP contribution >= 0.6 is 0 Å². The summed E-state index contributed by atoms with van der Waals surface area (Å²) in [4.78, 5) is 11.4. The van der Waals surface area contributed by atoms with Gasteiger partial charge in [0.15, 0.2) is 0 Å². The molecule has 0 radical (unpaired) electrons. The lowest BCUT2D eigenvalue weighted by atomic mass is 10.2. The van der Waals surface area contributed by atoms with Crippen LogP contribution in [0.3, 0.4) is 0 Å². The first-order valence-electron chi connectivity index (χ1n) is 6.06. The van der Waals surface area contributed by atoms with E-state index in [0.717, 1.165) is 37.3 Å². The molecule has 0 unspecified atom stereocenters. The van der Waals surface area contributed by atoms with Crippen molar-refractivity contribution in [3.05, 3.63) is 42.1 Å². The molecule has 0 spiro atoms. The second-order valence-corrected chi connectivity index (χ2v) is 4.03. The summed E-state index contributed by atoms with van der Waals surface area (Å²) in [6.07, 6.45) is 7.51. The molecule has 0 aliphatic heterocycles. The highest BCUT2D eigenvalue weighted by Crippen LogP contribution is 2.06. The van der Waals surface area contributed by atoms with Crippen molar-refractivity contribution in [2.24, 2.45) is 0 Å². The number of ether oxygens (including phenoxy) is 1. The lowest BCUT2D eigenvalue weighted by molar-refractivity contribution is 0.397. The van der Waals surface area contributed by atoms with E-state index >= 15 is 0 Å². The molecule has 0 aliphatic carbocycles. The van der Waals surface area contributed by atoms with Gasteiger partial charge in [-0.25, -0.2) is 9.97 Å². The maximum Gasteiger partial charge on any atom is 0.212 e. The topological polar surface area (TPSA) is 62.8 Å². The highest BCUT2D eigenvalue weighted by Gasteiger charge is 1.97. The van der Waals surface area contributed by atoms with Gasteiger partial charge in [-0.1, -0.05) is 6.07 Å². The minimum absolute atomic E-state index is 0.650. The minimum atomic E-state index is 0.650. The molecule has 0 bridgehead atoms. The molecule has 2 heterocycles. The number of H-pyrrole nitrogens is 1. The number of hydrogen-bond acceptors (Lipinski definition) is 4. The van der Waals surface area contributed by atoms with Gasteiger partial charge in [-0.2, -0.15) is 0 Å². The van der Waals surface area contributed by atoms with Crippen LogP contribution in [0.2, 0.25) is 0 Å². The summed E-state index contributed by atoms with van der Waals surface area (Å²) in [5.74, 6) is 1.69. The molecule has 2 N–H and O–H groups in total. The number of nitrogens with zero attached hydrogens (tertiary/aromatic N) is 2. The number of imidazole rings is 1. The molecule has 0 saturated heterocycles. The summed E-state index contributed by atoms with van der Waals surface area (Å²) >= 11 is 0. The Morgan fingerprint density at radius 3 is 2.94 bits per heavy atom. The maximum atomic E-state index is 5.01. The Labute approximate surface area is 107 Å². The van der Waals surface area contributed by atoms with Crippen molar-refractivity contribution in [1.29, 1.82) is 0 Å². The zero-order valence-corrected chi connectivity index (χ0v) is 10.5. The summed E-state index contributed by atoms with van der Waals surface area (Å²) in [5, 5.41) is 3.38. The maximum absolute atomic E-state index is 5.01. The number of aryl methyl sites for hydroxylation is 1. The Kier molecular flexibility index (Phi) is 4.72. The first-order valence-corrected chi connectivity index (χ1v) is 6.06. The van der Waals surface area contributed by atoms with E-state index in [4.69, 9.17) is 4.74 Å². The van der Waals surface area contributed by atoms with Gasteiger partial charge in [-0.05, 0) is 18.5 Å². The van der Waals surface area contributed by atoms with Gasteiger partial charge in [0.2, 0.25) is 5.88 Å². The molecule has 5 heteroatoms. The lowest BCUT2D eigenvalue weighted by Gasteiger charge is -2.04. The molecule has 0 fully saturated rings. The molecular weight excluding hydrogens is 228 g/mol. The number of methoxy groups -OCH3 is 1. The fourth-order valence-electron chi connectivity index (χ4n) is 1.68. The third kappa shape index (κ3) is 3.85. The number of rotatable bonds is 7. The third-order valence-corrected chi connectivity index (χ3v) is 2.66. The summed E-state index contributed by atoms with van der Waals surface area (Å²) in [6.45, 7) is 1.79. The number of aromatic amines is 1. The SMILES string of the molecule is COc1ccc(CNCCCc2ncc[nH]2)cn1. The van der Waals surface area contributed by atoms with E-state index in [1.165, 1.54) is 0 Å². The van der Waals surface area contributed by atoms with Gasteiger partial charge in [0.25, 0.3) is 0 Å². The predicted molar refractivity (Wildman–Crippen MR) is 69.4 cm³/mol. The van der Waals surface area contributed by atoms with Gasteiger partial charge in [-0.15, -0.1) is 0 Å². The zero-order valence-electron chi connectivity index (χ0n) is 10.5. The largest absolute Gasteiger partial charge is 0.481 e. The van der Waals surface area contributed by atoms with Crippen LogP contribution < -0.4 is 10.1 Å². The quantitative estimate of drug-likeness (QED) is 0.727. The fourth-order valence-corrected chi connectivity index (χ4v) is 1.68. The van der Waals surface area contributed by atoms with Gasteiger partial charge in [-0.3, -0.25) is 0 Å². The second-order valence-electron chi connectivity index (χ2n) is 4.03. The smallest absolute Gasteiger partial charge is 0.212 e. The molecule has 2 rings (SSSR count). The molecule has 0 atom stereocenters. The highest BCUT2D eigenvalue weighted by atomic mass is 16.5. The first kappa shape index (κ1) is 12.6. The molecule has 2 aromatic heterocycles. The van der Waals surface area contributed by atoms with E-state index in [1.807, 2.05) is 24.5 Å². The van der Waals surface area contributed by atoms with Crippen molar-refractivity contribution in [2.45, 2.75) is 19.4 Å². The van der Waals surface area contributed by atoms with Crippen LogP contribution in [-0.2, 0) is 13.0 Å². The van der Waals surface area contributed by atoms with E-state index < -0.39 is 0 Å². The number of pyridine rings is 1. The monoisotopic (exact) mass is 246 g/mol. The summed E-state index contributed by atoms with van der Waals surface area (Å²) in [5.41, 5.74) is 1.16. The molecule has 96 valence electrons. The Bertz CT molecular complexity index is 439. The minimum Gasteiger partial charge on any atom is -0.481 e. The summed E-state index contributed by atoms with van der Waals surface area (Å²) < 4.78 is 5.01. The standard InChI is InChI=1S/C13H18N4O/c1-18-13-5-4-11(10-17-13)9-14-6-2-3-12-15-7-8-16-12/h4-5,7-8,10,14H,2-3,6,9H2,1H3,(H,15,16). The van der Waals surface area contributed by atoms with Crippen molar-refractivity contribution in [3.63, 3.8) is 0 Å². The molecular formula is C13H18N4O. The van der Waals surface area contributed by atoms with Gasteiger partial charge < -0.3 is 15.0 Å². The molecule has 0 aromatic carbocycles. The van der Waals surface area contributed by atoms with Gasteiger partial charge in [0, 0.05) is 37.6 Å². The average Bonchev–Trinajstić information content (AvgIpc) is 2.92. The van der Waals surface area contributed by atoms with Gasteiger partial charge in [0.1, 0.15) is 5.82 Å². The molecule has 0 amide bonds. The first-order chi connectivity index (χ1) is 8.88. The van der Waals surface area contributed by atoms with E-state index in [2.05, 4.69) is 20.3 Å². The number of nitrogens with one attached hydrogen (secondary N) is 2. The average molecular weight is 246 g/mol. The normalized spacial score (nSPS) is 10.5. The summed E-state index contributed by atoms with van der Waals surface area (Å²) in [7, 11) is 1.62. The zero-order chi connectivity index (χ0) is 12.6. The summed E-state index contributed by atoms with van der Waals surface area (Å²) in [6, 6.07) is 3.89. The Morgan fingerprint density at radius 1 is 1.33 bits per heavy atom. The predicted octanol–water partition coefficient (Wildman–Crippen LogP) is 1.54. The van der Waals surface area contributed by atoms with Crippen molar-refractivity contribution in [1.82, 2.24) is 20.3 Å². The van der Waals surface area contributed by atoms with Gasteiger partial charge >= 0.3 is 0 Å². The molecule has 0 saturated carbocycles. The van der Waals surface area contributed by atoms with Crippen molar-refractivity contribution in [3.8, 4) is 5.88 Å². The van der Waals surface area contributed by atoms with Crippen LogP contribution in [0.4, 0.5) is 0 Å². The van der Waals surface area contributed by atoms with Crippen molar-refractivity contribution < 1.29 is 4.74 Å². The van der Waals surface area contributed by atoms with Crippen LogP contribution in [0.5, 0.6) is 5.88 Å². The van der Waals surface area contributed by atoms with E-state index in [-0.39, 0.29) is 0 Å². The van der Waals surface area contributed by atoms with Crippen molar-refractivity contribution in [2.75, 3.05) is 13.7 Å². The second kappa shape index (κ2) is 6.76. The molecule has 5 nitrogen and oxygen atoms in total. The highest BCUT2D eigenvalue weighted by molar-refractivity contribution is 5.17. The molecule has 18 heavy (non-hydrogen) atoms. The fraction of sp³-hybridized carbons (Fsp3) is 0.385. The van der Waals surface area contributed by atoms with Crippen LogP contribution in [0.1, 0.15) is 17.8 Å². The van der Waals surface area contributed by atoms with E-state index in [9.17, 15) is 0 Å². The third-order valence-electron chi connectivity index (χ3n) is 2.66. The molecule has 2 aromatic rings. The number of aromatic nitrogens is 3. The Balaban J connectivity index is 1.62. The van der Waals surface area contributed by atoms with Gasteiger partial charge in [0.05, 0.1) is 7.11 Å². The molecule has 0 aliphatic rings.